The second-order valence-electron chi connectivity index (χ2n) is 6.86. The van der Waals surface area contributed by atoms with Crippen LogP contribution in [0.5, 0.6) is 0 Å². The number of hydrogen-bond donors (Lipinski definition) is 2. The number of nitrogens with zero attached hydrogens (tertiary/aromatic N) is 1. The van der Waals surface area contributed by atoms with Crippen LogP contribution in [0.4, 0.5) is 11.4 Å². The summed E-state index contributed by atoms with van der Waals surface area (Å²) in [7, 11) is 4.33. The predicted molar refractivity (Wildman–Crippen MR) is 116 cm³/mol. The summed E-state index contributed by atoms with van der Waals surface area (Å²) in [6.45, 7) is 14.8. The molecule has 0 fully saturated rings. The van der Waals surface area contributed by atoms with Gasteiger partial charge in [-0.2, -0.15) is 17.7 Å². The fourth-order valence-corrected chi connectivity index (χ4v) is 3.51. The summed E-state index contributed by atoms with van der Waals surface area (Å²) in [5.41, 5.74) is 9.70. The molecule has 2 aromatic rings. The number of rotatable bonds is 7. The summed E-state index contributed by atoms with van der Waals surface area (Å²) in [5, 5.41) is 6.93. The minimum atomic E-state index is 0.591. The van der Waals surface area contributed by atoms with Crippen LogP contribution in [0.15, 0.2) is 18.2 Å². The quantitative estimate of drug-likeness (QED) is 0.308. The van der Waals surface area contributed by atoms with E-state index in [-0.39, 0.29) is 0 Å². The van der Waals surface area contributed by atoms with Crippen molar-refractivity contribution in [3.63, 3.8) is 0 Å². The third-order valence-corrected chi connectivity index (χ3v) is 4.64. The zero-order valence-corrected chi connectivity index (χ0v) is 19.4. The molecule has 2 aromatic carbocycles. The van der Waals surface area contributed by atoms with E-state index >= 15 is 0 Å². The Balaban J connectivity index is 0.00000176. The molecule has 27 heavy (non-hydrogen) atoms. The van der Waals surface area contributed by atoms with Crippen LogP contribution in [-0.2, 0) is 14.8 Å². The summed E-state index contributed by atoms with van der Waals surface area (Å²) >= 11 is 9.39. The van der Waals surface area contributed by atoms with Crippen molar-refractivity contribution in [1.82, 2.24) is 4.42 Å². The summed E-state index contributed by atoms with van der Waals surface area (Å²) in [6.07, 6.45) is 0. The van der Waals surface area contributed by atoms with E-state index in [4.69, 9.17) is 11.8 Å². The second kappa shape index (κ2) is 11.8. The Bertz CT molecular complexity index is 704. The fourth-order valence-electron chi connectivity index (χ4n) is 3.36. The van der Waals surface area contributed by atoms with Gasteiger partial charge in [-0.1, -0.05) is 44.2 Å². The van der Waals surface area contributed by atoms with Crippen molar-refractivity contribution in [3.05, 3.63) is 57.6 Å². The van der Waals surface area contributed by atoms with E-state index in [1.54, 1.807) is 4.42 Å². The summed E-state index contributed by atoms with van der Waals surface area (Å²) in [5.74, 6) is 0. The number of benzene rings is 2. The first-order valence-corrected chi connectivity index (χ1v) is 10.6. The molecule has 2 rings (SSSR count). The average molecular weight is 453 g/mol. The van der Waals surface area contributed by atoms with Crippen molar-refractivity contribution in [1.29, 1.82) is 0 Å². The molecule has 0 unspecified atom stereocenters. The van der Waals surface area contributed by atoms with Crippen molar-refractivity contribution >= 4 is 33.3 Å². The first-order valence-electron chi connectivity index (χ1n) is 8.87. The second-order valence-corrected chi connectivity index (χ2v) is 7.34. The van der Waals surface area contributed by atoms with Gasteiger partial charge in [-0.25, -0.2) is 4.42 Å². The van der Waals surface area contributed by atoms with E-state index in [0.717, 1.165) is 29.9 Å². The average Bonchev–Trinajstić information content (AvgIpc) is 2.58. The first kappa shape index (κ1) is 24.1. The Hall–Kier alpha value is -0.914. The van der Waals surface area contributed by atoms with Gasteiger partial charge in [-0.05, 0) is 43.7 Å². The van der Waals surface area contributed by atoms with Crippen molar-refractivity contribution in [2.24, 2.45) is 0 Å². The summed E-state index contributed by atoms with van der Waals surface area (Å²) in [4.78, 5) is 0. The van der Waals surface area contributed by atoms with Crippen LogP contribution in [0.25, 0.3) is 0 Å². The molecule has 0 radical (unpaired) electrons. The maximum atomic E-state index is 6.36. The van der Waals surface area contributed by atoms with Gasteiger partial charge in [-0.15, -0.1) is 11.1 Å². The van der Waals surface area contributed by atoms with Gasteiger partial charge in [0.25, 0.3) is 0 Å². The molecule has 0 bridgehead atoms. The molecule has 0 spiro atoms. The van der Waals surface area contributed by atoms with Gasteiger partial charge in [0, 0.05) is 18.8 Å². The normalized spacial score (nSPS) is 10.4. The molecular weight excluding hydrogens is 424 g/mol. The topological polar surface area (TPSA) is 27.3 Å². The van der Waals surface area contributed by atoms with E-state index in [1.165, 1.54) is 27.9 Å². The van der Waals surface area contributed by atoms with Crippen LogP contribution in [0.3, 0.4) is 0 Å². The standard InChI is InChI=1S/C21H29ClN3.ClH.Co/c1-14-9-16(3)20(17(4)10-14)23-7-8-25(22)13-24-21-18(5)11-15(2)12-19(21)6;;/h9-11,23-24H,7-8,13H2,1-6H3;1H;/q-1;;+2/p-1. The molecule has 2 N–H and O–H groups in total. The van der Waals surface area contributed by atoms with E-state index in [1.807, 2.05) is 0 Å². The molecule has 0 aliphatic rings. The van der Waals surface area contributed by atoms with Crippen molar-refractivity contribution < 1.29 is 14.8 Å². The van der Waals surface area contributed by atoms with Crippen molar-refractivity contribution in [2.75, 3.05) is 30.4 Å². The zero-order valence-electron chi connectivity index (χ0n) is 16.9. The third kappa shape index (κ3) is 7.55. The molecule has 0 atom stereocenters. The Kier molecular flexibility index (Phi) is 10.6. The Morgan fingerprint density at radius 2 is 1.44 bits per heavy atom. The van der Waals surface area contributed by atoms with Gasteiger partial charge in [0.15, 0.2) is 0 Å². The molecule has 0 aliphatic heterocycles. The molecule has 3 nitrogen and oxygen atoms in total. The molecule has 0 saturated carbocycles. The van der Waals surface area contributed by atoms with E-state index < -0.39 is 0 Å². The van der Waals surface area contributed by atoms with Crippen LogP contribution < -0.4 is 10.6 Å². The Morgan fingerprint density at radius 3 is 2.00 bits per heavy atom. The monoisotopic (exact) mass is 452 g/mol. The number of hydrogen-bond acceptors (Lipinski definition) is 3. The Labute approximate surface area is 181 Å². The zero-order chi connectivity index (χ0) is 20.6. The van der Waals surface area contributed by atoms with Gasteiger partial charge in [0.2, 0.25) is 0 Å². The molecule has 0 saturated heterocycles. The molecule has 0 heterocycles. The van der Waals surface area contributed by atoms with Gasteiger partial charge >= 0.3 is 25.0 Å². The third-order valence-electron chi connectivity index (χ3n) is 4.35. The van der Waals surface area contributed by atoms with Crippen LogP contribution in [0.1, 0.15) is 33.4 Å². The van der Waals surface area contributed by atoms with Crippen molar-refractivity contribution in [2.45, 2.75) is 41.5 Å². The van der Waals surface area contributed by atoms with Crippen LogP contribution in [0.2, 0.25) is 0 Å². The van der Waals surface area contributed by atoms with Gasteiger partial charge in [0.05, 0.1) is 6.67 Å². The molecule has 6 heteroatoms. The first-order chi connectivity index (χ1) is 12.8. The van der Waals surface area contributed by atoms with E-state index in [9.17, 15) is 0 Å². The maximum absolute atomic E-state index is 6.36. The summed E-state index contributed by atoms with van der Waals surface area (Å²) < 4.78 is 1.77. The van der Waals surface area contributed by atoms with E-state index in [0.29, 0.717) is 6.67 Å². The van der Waals surface area contributed by atoms with Crippen LogP contribution in [-0.4, -0.2) is 24.2 Å². The molecule has 0 aromatic heterocycles. The minimum absolute atomic E-state index is 0.591. The predicted octanol–water partition coefficient (Wildman–Crippen LogP) is 5.96. The number of halogens is 2. The van der Waals surface area contributed by atoms with Gasteiger partial charge in [0.1, 0.15) is 0 Å². The SMILES string of the molecule is Cc1[c-]c(C)c(NCN(Cl)CCNc2c(C)cc(C)cc2C)c(C)c1.[Cl][Co+]. The molecular formula is C21H29Cl2CoN3. The number of aryl methyl sites for hydroxylation is 6. The molecule has 0 aliphatic carbocycles. The fraction of sp³-hybridized carbons (Fsp3) is 0.429. The summed E-state index contributed by atoms with van der Waals surface area (Å²) in [6, 6.07) is 9.89. The number of anilines is 2. The van der Waals surface area contributed by atoms with Crippen LogP contribution in [0, 0.1) is 47.6 Å². The molecule has 151 valence electrons. The number of nitrogens with one attached hydrogen (secondary N) is 2. The van der Waals surface area contributed by atoms with Crippen molar-refractivity contribution in [3.8, 4) is 0 Å². The van der Waals surface area contributed by atoms with Gasteiger partial charge < -0.3 is 10.6 Å². The Morgan fingerprint density at radius 1 is 0.889 bits per heavy atom. The van der Waals surface area contributed by atoms with Crippen LogP contribution >= 0.6 is 21.9 Å². The van der Waals surface area contributed by atoms with Gasteiger partial charge in [-0.3, -0.25) is 0 Å². The van der Waals surface area contributed by atoms with E-state index in [2.05, 4.69) is 101 Å². The molecule has 0 amide bonds.